The first-order valence-electron chi connectivity index (χ1n) is 6.55. The van der Waals surface area contributed by atoms with Gasteiger partial charge in [-0.25, -0.2) is 18.7 Å². The van der Waals surface area contributed by atoms with E-state index in [2.05, 4.69) is 9.97 Å². The van der Waals surface area contributed by atoms with Crippen molar-refractivity contribution in [3.63, 3.8) is 0 Å². The number of halogens is 3. The van der Waals surface area contributed by atoms with Crippen molar-refractivity contribution in [1.29, 1.82) is 0 Å². The van der Waals surface area contributed by atoms with E-state index >= 15 is 0 Å². The van der Waals surface area contributed by atoms with Crippen molar-refractivity contribution in [3.8, 4) is 5.75 Å². The van der Waals surface area contributed by atoms with Gasteiger partial charge in [-0.05, 0) is 30.2 Å². The van der Waals surface area contributed by atoms with Crippen LogP contribution in [0.5, 0.6) is 5.75 Å². The zero-order valence-electron chi connectivity index (χ0n) is 12.1. The summed E-state index contributed by atoms with van der Waals surface area (Å²) < 4.78 is 38.9. The maximum Gasteiger partial charge on any atom is 0.223 e. The minimum atomic E-state index is -1.67. The Morgan fingerprint density at radius 2 is 2.04 bits per heavy atom. The lowest BCUT2D eigenvalue weighted by Gasteiger charge is -2.14. The van der Waals surface area contributed by atoms with E-state index in [-0.39, 0.29) is 27.9 Å². The number of aliphatic hydroxyl groups excluding tert-OH is 1. The Labute approximate surface area is 134 Å². The number of aliphatic hydroxyl groups is 1. The molecule has 0 bridgehead atoms. The molecule has 0 aliphatic carbocycles. The predicted octanol–water partition coefficient (Wildman–Crippen LogP) is 3.55. The van der Waals surface area contributed by atoms with Crippen LogP contribution in [0.15, 0.2) is 22.7 Å². The molecule has 0 amide bonds. The summed E-state index contributed by atoms with van der Waals surface area (Å²) in [7, 11) is 1.25. The second-order valence-corrected chi connectivity index (χ2v) is 5.22. The molecule has 120 valence electrons. The van der Waals surface area contributed by atoms with Gasteiger partial charge >= 0.3 is 0 Å². The molecule has 1 N–H and O–H groups in total. The molecule has 23 heavy (non-hydrogen) atoms. The number of furan rings is 1. The predicted molar refractivity (Wildman–Crippen MR) is 78.5 cm³/mol. The summed E-state index contributed by atoms with van der Waals surface area (Å²) in [5, 5.41) is 10.4. The van der Waals surface area contributed by atoms with Gasteiger partial charge in [0, 0.05) is 6.07 Å². The fourth-order valence-corrected chi connectivity index (χ4v) is 2.40. The summed E-state index contributed by atoms with van der Waals surface area (Å²) in [6.07, 6.45) is -0.360. The van der Waals surface area contributed by atoms with Crippen LogP contribution in [-0.4, -0.2) is 22.2 Å². The van der Waals surface area contributed by atoms with E-state index in [9.17, 15) is 13.9 Å². The van der Waals surface area contributed by atoms with Crippen LogP contribution in [0, 0.1) is 18.6 Å². The van der Waals surface area contributed by atoms with Gasteiger partial charge in [0.2, 0.25) is 5.28 Å². The van der Waals surface area contributed by atoms with Crippen molar-refractivity contribution in [3.05, 3.63) is 52.1 Å². The number of benzene rings is 1. The number of nitrogens with zero attached hydrogens (tertiary/aromatic N) is 2. The summed E-state index contributed by atoms with van der Waals surface area (Å²) in [6, 6.07) is 2.56. The molecule has 0 aliphatic rings. The summed E-state index contributed by atoms with van der Waals surface area (Å²) in [5.74, 6) is -2.12. The normalized spacial score (nSPS) is 12.6. The number of hydrogen-bond acceptors (Lipinski definition) is 5. The third-order valence-electron chi connectivity index (χ3n) is 3.41. The van der Waals surface area contributed by atoms with Crippen LogP contribution in [0.4, 0.5) is 8.78 Å². The Kier molecular flexibility index (Phi) is 3.91. The average molecular weight is 341 g/mol. The molecule has 3 aromatic rings. The summed E-state index contributed by atoms with van der Waals surface area (Å²) >= 11 is 5.67. The van der Waals surface area contributed by atoms with Crippen molar-refractivity contribution in [2.75, 3.05) is 7.11 Å². The largest absolute Gasteiger partial charge is 0.494 e. The van der Waals surface area contributed by atoms with Gasteiger partial charge in [0.15, 0.2) is 17.1 Å². The first-order chi connectivity index (χ1) is 10.9. The fourth-order valence-electron chi connectivity index (χ4n) is 2.27. The number of rotatable bonds is 3. The SMILES string of the molecule is COc1cc(C)c(F)c(C(O)c2cc3nc(Cl)ncc3o2)c1F. The second kappa shape index (κ2) is 5.75. The van der Waals surface area contributed by atoms with Gasteiger partial charge in [0.05, 0.1) is 18.9 Å². The smallest absolute Gasteiger partial charge is 0.223 e. The Hall–Kier alpha value is -2.25. The number of aryl methyl sites for hydroxylation is 1. The standard InChI is InChI=1S/C15H11ClF2N2O3/c1-6-3-8(22-2)13(18)11(12(6)17)14(21)9-4-7-10(23-9)5-19-15(16)20-7/h3-5,14,21H,1-2H3. The highest BCUT2D eigenvalue weighted by molar-refractivity contribution is 6.28. The van der Waals surface area contributed by atoms with Crippen molar-refractivity contribution >= 4 is 22.7 Å². The Morgan fingerprint density at radius 3 is 2.74 bits per heavy atom. The minimum absolute atomic E-state index is 0.00562. The van der Waals surface area contributed by atoms with Gasteiger partial charge < -0.3 is 14.3 Å². The molecule has 3 rings (SSSR count). The van der Waals surface area contributed by atoms with E-state index < -0.39 is 23.3 Å². The van der Waals surface area contributed by atoms with Crippen LogP contribution >= 0.6 is 11.6 Å². The molecule has 0 saturated carbocycles. The molecule has 1 unspecified atom stereocenters. The highest BCUT2D eigenvalue weighted by atomic mass is 35.5. The molecular weight excluding hydrogens is 330 g/mol. The first-order valence-corrected chi connectivity index (χ1v) is 6.92. The van der Waals surface area contributed by atoms with Crippen LogP contribution < -0.4 is 4.74 Å². The lowest BCUT2D eigenvalue weighted by Crippen LogP contribution is -2.08. The fraction of sp³-hybridized carbons (Fsp3) is 0.200. The number of ether oxygens (including phenoxy) is 1. The molecule has 1 atom stereocenters. The Bertz CT molecular complexity index is 898. The van der Waals surface area contributed by atoms with Crippen LogP contribution in [-0.2, 0) is 0 Å². The highest BCUT2D eigenvalue weighted by Gasteiger charge is 2.27. The zero-order chi connectivity index (χ0) is 16.7. The molecule has 0 saturated heterocycles. The minimum Gasteiger partial charge on any atom is -0.494 e. The number of methoxy groups -OCH3 is 1. The first kappa shape index (κ1) is 15.6. The molecule has 0 aliphatic heterocycles. The van der Waals surface area contributed by atoms with Crippen LogP contribution in [0.1, 0.15) is 23.0 Å². The second-order valence-electron chi connectivity index (χ2n) is 4.88. The monoisotopic (exact) mass is 340 g/mol. The van der Waals surface area contributed by atoms with Crippen molar-refractivity contribution in [2.45, 2.75) is 13.0 Å². The van der Waals surface area contributed by atoms with Gasteiger partial charge in [0.25, 0.3) is 0 Å². The summed E-state index contributed by atoms with van der Waals surface area (Å²) in [6.45, 7) is 1.44. The number of fused-ring (bicyclic) bond motifs is 1. The number of aromatic nitrogens is 2. The summed E-state index contributed by atoms with van der Waals surface area (Å²) in [4.78, 5) is 7.65. The van der Waals surface area contributed by atoms with E-state index in [4.69, 9.17) is 20.8 Å². The van der Waals surface area contributed by atoms with Crippen molar-refractivity contribution < 1.29 is 23.0 Å². The Morgan fingerprint density at radius 1 is 1.30 bits per heavy atom. The van der Waals surface area contributed by atoms with Gasteiger partial charge in [-0.1, -0.05) is 0 Å². The zero-order valence-corrected chi connectivity index (χ0v) is 12.9. The molecule has 0 fully saturated rings. The van der Waals surface area contributed by atoms with E-state index in [0.717, 1.165) is 0 Å². The molecule has 0 radical (unpaired) electrons. The lowest BCUT2D eigenvalue weighted by atomic mass is 10.0. The van der Waals surface area contributed by atoms with E-state index in [1.54, 1.807) is 0 Å². The maximum atomic E-state index is 14.4. The van der Waals surface area contributed by atoms with Gasteiger partial charge in [-0.15, -0.1) is 0 Å². The third-order valence-corrected chi connectivity index (χ3v) is 3.59. The van der Waals surface area contributed by atoms with Crippen molar-refractivity contribution in [2.24, 2.45) is 0 Å². The molecule has 5 nitrogen and oxygen atoms in total. The molecular formula is C15H11ClF2N2O3. The van der Waals surface area contributed by atoms with E-state index in [0.29, 0.717) is 5.52 Å². The quantitative estimate of drug-likeness (QED) is 0.738. The van der Waals surface area contributed by atoms with Crippen LogP contribution in [0.25, 0.3) is 11.1 Å². The summed E-state index contributed by atoms with van der Waals surface area (Å²) in [5.41, 5.74) is 0.138. The molecule has 8 heteroatoms. The molecule has 2 aromatic heterocycles. The van der Waals surface area contributed by atoms with E-state index in [1.807, 2.05) is 0 Å². The average Bonchev–Trinajstić information content (AvgIpc) is 2.94. The van der Waals surface area contributed by atoms with E-state index in [1.165, 1.54) is 32.4 Å². The van der Waals surface area contributed by atoms with Crippen LogP contribution in [0.3, 0.4) is 0 Å². The van der Waals surface area contributed by atoms with Gasteiger partial charge in [-0.2, -0.15) is 0 Å². The lowest BCUT2D eigenvalue weighted by molar-refractivity contribution is 0.180. The Balaban J connectivity index is 2.15. The topological polar surface area (TPSA) is 68.4 Å². The highest BCUT2D eigenvalue weighted by Crippen LogP contribution is 2.35. The number of hydrogen-bond donors (Lipinski definition) is 1. The van der Waals surface area contributed by atoms with Crippen molar-refractivity contribution in [1.82, 2.24) is 9.97 Å². The van der Waals surface area contributed by atoms with Crippen LogP contribution in [0.2, 0.25) is 5.28 Å². The van der Waals surface area contributed by atoms with Gasteiger partial charge in [-0.3, -0.25) is 0 Å². The molecule has 1 aromatic carbocycles. The van der Waals surface area contributed by atoms with Gasteiger partial charge in [0.1, 0.15) is 23.2 Å². The maximum absolute atomic E-state index is 14.4. The molecule has 2 heterocycles. The molecule has 0 spiro atoms. The third kappa shape index (κ3) is 2.62.